The van der Waals surface area contributed by atoms with Gasteiger partial charge in [0, 0.05) is 23.4 Å². The molecule has 0 fully saturated rings. The molecule has 0 radical (unpaired) electrons. The highest BCUT2D eigenvalue weighted by atomic mass is 35.5. The number of aromatic nitrogens is 2. The molecule has 2 aromatic rings. The molecular weight excluding hydrogens is 235 g/mol. The van der Waals surface area contributed by atoms with Gasteiger partial charge >= 0.3 is 0 Å². The molecule has 1 aromatic heterocycles. The van der Waals surface area contributed by atoms with Crippen LogP contribution in [0.1, 0.15) is 17.3 Å². The second kappa shape index (κ2) is 4.21. The Labute approximate surface area is 97.0 Å². The van der Waals surface area contributed by atoms with Gasteiger partial charge in [-0.15, -0.1) is 0 Å². The summed E-state index contributed by atoms with van der Waals surface area (Å²) in [7, 11) is 0. The zero-order valence-corrected chi connectivity index (χ0v) is 9.51. The standard InChI is InChI=1S/C10H8Cl2N2O/c1-6-13-10(14-15-6)4-7-2-3-8(11)5-9(7)12/h2-3,5H,4H2,1H3. The minimum Gasteiger partial charge on any atom is -0.340 e. The van der Waals surface area contributed by atoms with Gasteiger partial charge in [0.15, 0.2) is 5.82 Å². The van der Waals surface area contributed by atoms with Crippen LogP contribution in [0.15, 0.2) is 22.7 Å². The lowest BCUT2D eigenvalue weighted by atomic mass is 10.1. The second-order valence-corrected chi connectivity index (χ2v) is 3.99. The van der Waals surface area contributed by atoms with Gasteiger partial charge in [0.05, 0.1) is 0 Å². The molecular formula is C10H8Cl2N2O. The van der Waals surface area contributed by atoms with Gasteiger partial charge in [-0.25, -0.2) is 0 Å². The van der Waals surface area contributed by atoms with Crippen LogP contribution in [0.3, 0.4) is 0 Å². The summed E-state index contributed by atoms with van der Waals surface area (Å²) < 4.78 is 4.87. The molecule has 5 heteroatoms. The van der Waals surface area contributed by atoms with Crippen molar-refractivity contribution in [2.45, 2.75) is 13.3 Å². The Morgan fingerprint density at radius 1 is 1.33 bits per heavy atom. The van der Waals surface area contributed by atoms with Crippen molar-refractivity contribution in [1.82, 2.24) is 10.1 Å². The van der Waals surface area contributed by atoms with Gasteiger partial charge in [-0.3, -0.25) is 0 Å². The zero-order valence-electron chi connectivity index (χ0n) is 8.00. The molecule has 3 nitrogen and oxygen atoms in total. The summed E-state index contributed by atoms with van der Waals surface area (Å²) in [6.45, 7) is 1.75. The molecule has 0 bridgehead atoms. The monoisotopic (exact) mass is 242 g/mol. The Hall–Kier alpha value is -1.06. The van der Waals surface area contributed by atoms with E-state index >= 15 is 0 Å². The number of rotatable bonds is 2. The molecule has 1 aromatic carbocycles. The Bertz CT molecular complexity index is 482. The highest BCUT2D eigenvalue weighted by molar-refractivity contribution is 6.35. The van der Waals surface area contributed by atoms with Crippen molar-refractivity contribution in [3.8, 4) is 0 Å². The quantitative estimate of drug-likeness (QED) is 0.812. The molecule has 78 valence electrons. The van der Waals surface area contributed by atoms with Crippen molar-refractivity contribution in [2.75, 3.05) is 0 Å². The topological polar surface area (TPSA) is 38.9 Å². The van der Waals surface area contributed by atoms with Crippen LogP contribution in [-0.2, 0) is 6.42 Å². The normalized spacial score (nSPS) is 10.6. The molecule has 0 aliphatic carbocycles. The molecule has 0 spiro atoms. The number of hydrogen-bond donors (Lipinski definition) is 0. The van der Waals surface area contributed by atoms with Gasteiger partial charge < -0.3 is 4.52 Å². The molecule has 2 rings (SSSR count). The fourth-order valence-electron chi connectivity index (χ4n) is 1.25. The molecule has 0 saturated heterocycles. The van der Waals surface area contributed by atoms with Crippen LogP contribution in [0.25, 0.3) is 0 Å². The predicted octanol–water partition coefficient (Wildman–Crippen LogP) is 3.28. The van der Waals surface area contributed by atoms with E-state index in [2.05, 4.69) is 10.1 Å². The Balaban J connectivity index is 2.24. The largest absolute Gasteiger partial charge is 0.340 e. The Morgan fingerprint density at radius 2 is 2.13 bits per heavy atom. The fraction of sp³-hybridized carbons (Fsp3) is 0.200. The first-order valence-electron chi connectivity index (χ1n) is 4.38. The first-order valence-corrected chi connectivity index (χ1v) is 5.14. The number of nitrogens with zero attached hydrogens (tertiary/aromatic N) is 2. The molecule has 15 heavy (non-hydrogen) atoms. The van der Waals surface area contributed by atoms with Gasteiger partial charge in [-0.05, 0) is 17.7 Å². The molecule has 1 heterocycles. The number of halogens is 2. The summed E-state index contributed by atoms with van der Waals surface area (Å²) in [6, 6.07) is 5.34. The van der Waals surface area contributed by atoms with Crippen molar-refractivity contribution in [2.24, 2.45) is 0 Å². The highest BCUT2D eigenvalue weighted by Gasteiger charge is 2.07. The van der Waals surface area contributed by atoms with Gasteiger partial charge in [-0.2, -0.15) is 4.98 Å². The SMILES string of the molecule is Cc1nc(Cc2ccc(Cl)cc2Cl)no1. The third-order valence-electron chi connectivity index (χ3n) is 1.93. The van der Waals surface area contributed by atoms with Gasteiger partial charge in [0.2, 0.25) is 5.89 Å². The molecule has 0 saturated carbocycles. The van der Waals surface area contributed by atoms with Crippen LogP contribution in [0.4, 0.5) is 0 Å². The molecule has 0 amide bonds. The van der Waals surface area contributed by atoms with E-state index in [-0.39, 0.29) is 0 Å². The van der Waals surface area contributed by atoms with E-state index in [0.29, 0.717) is 28.2 Å². The number of hydrogen-bond acceptors (Lipinski definition) is 3. The van der Waals surface area contributed by atoms with E-state index in [0.717, 1.165) is 5.56 Å². The molecule has 0 unspecified atom stereocenters. The van der Waals surface area contributed by atoms with Crippen molar-refractivity contribution in [3.05, 3.63) is 45.5 Å². The second-order valence-electron chi connectivity index (χ2n) is 3.14. The molecule has 0 aliphatic rings. The zero-order chi connectivity index (χ0) is 10.8. The van der Waals surface area contributed by atoms with Crippen LogP contribution in [0, 0.1) is 6.92 Å². The summed E-state index contributed by atoms with van der Waals surface area (Å²) in [6.07, 6.45) is 0.549. The lowest BCUT2D eigenvalue weighted by molar-refractivity contribution is 0.388. The van der Waals surface area contributed by atoms with Crippen molar-refractivity contribution in [3.63, 3.8) is 0 Å². The predicted molar refractivity (Wildman–Crippen MR) is 58.3 cm³/mol. The lowest BCUT2D eigenvalue weighted by Crippen LogP contribution is -1.91. The third-order valence-corrected chi connectivity index (χ3v) is 2.52. The summed E-state index contributed by atoms with van der Waals surface area (Å²) >= 11 is 11.8. The molecule has 0 aliphatic heterocycles. The Morgan fingerprint density at radius 3 is 2.73 bits per heavy atom. The maximum absolute atomic E-state index is 6.02. The van der Waals surface area contributed by atoms with E-state index in [1.807, 2.05) is 6.07 Å². The van der Waals surface area contributed by atoms with Crippen LogP contribution < -0.4 is 0 Å². The first kappa shape index (κ1) is 10.5. The van der Waals surface area contributed by atoms with E-state index in [9.17, 15) is 0 Å². The summed E-state index contributed by atoms with van der Waals surface area (Å²) in [5.74, 6) is 1.17. The van der Waals surface area contributed by atoms with Crippen LogP contribution in [0.2, 0.25) is 10.0 Å². The first-order chi connectivity index (χ1) is 7.15. The van der Waals surface area contributed by atoms with E-state index in [4.69, 9.17) is 27.7 Å². The van der Waals surface area contributed by atoms with E-state index in [1.165, 1.54) is 0 Å². The molecule has 0 atom stereocenters. The minimum absolute atomic E-state index is 0.549. The van der Waals surface area contributed by atoms with E-state index in [1.54, 1.807) is 19.1 Å². The Kier molecular flexibility index (Phi) is 2.93. The smallest absolute Gasteiger partial charge is 0.223 e. The van der Waals surface area contributed by atoms with E-state index < -0.39 is 0 Å². The molecule has 0 N–H and O–H groups in total. The minimum atomic E-state index is 0.549. The number of benzene rings is 1. The third kappa shape index (κ3) is 2.49. The van der Waals surface area contributed by atoms with Gasteiger partial charge in [-0.1, -0.05) is 34.4 Å². The summed E-state index contributed by atoms with van der Waals surface area (Å²) in [5, 5.41) is 5.03. The van der Waals surface area contributed by atoms with Crippen molar-refractivity contribution >= 4 is 23.2 Å². The van der Waals surface area contributed by atoms with Crippen molar-refractivity contribution < 1.29 is 4.52 Å². The average molecular weight is 243 g/mol. The van der Waals surface area contributed by atoms with Crippen molar-refractivity contribution in [1.29, 1.82) is 0 Å². The lowest BCUT2D eigenvalue weighted by Gasteiger charge is -2.00. The fourth-order valence-corrected chi connectivity index (χ4v) is 1.72. The average Bonchev–Trinajstić information content (AvgIpc) is 2.56. The summed E-state index contributed by atoms with van der Waals surface area (Å²) in [4.78, 5) is 4.10. The maximum Gasteiger partial charge on any atom is 0.223 e. The van der Waals surface area contributed by atoms with Crippen LogP contribution >= 0.6 is 23.2 Å². The van der Waals surface area contributed by atoms with Gasteiger partial charge in [0.1, 0.15) is 0 Å². The van der Waals surface area contributed by atoms with Gasteiger partial charge in [0.25, 0.3) is 0 Å². The van der Waals surface area contributed by atoms with Crippen LogP contribution in [0.5, 0.6) is 0 Å². The number of aryl methyl sites for hydroxylation is 1. The summed E-state index contributed by atoms with van der Waals surface area (Å²) in [5.41, 5.74) is 0.932. The van der Waals surface area contributed by atoms with Crippen LogP contribution in [-0.4, -0.2) is 10.1 Å². The highest BCUT2D eigenvalue weighted by Crippen LogP contribution is 2.22. The maximum atomic E-state index is 6.02.